The molecule has 0 bridgehead atoms. The van der Waals surface area contributed by atoms with Gasteiger partial charge < -0.3 is 5.11 Å². The Morgan fingerprint density at radius 3 is 1.84 bits per heavy atom. The van der Waals surface area contributed by atoms with Crippen LogP contribution in [0.15, 0.2) is 78.9 Å². The molecule has 0 unspecified atom stereocenters. The van der Waals surface area contributed by atoms with Gasteiger partial charge in [0.15, 0.2) is 0 Å². The lowest BCUT2D eigenvalue weighted by Gasteiger charge is -2.29. The van der Waals surface area contributed by atoms with Gasteiger partial charge in [-0.3, -0.25) is 0 Å². The molecule has 25 heavy (non-hydrogen) atoms. The van der Waals surface area contributed by atoms with E-state index in [1.165, 1.54) is 31.9 Å². The van der Waals surface area contributed by atoms with Crippen LogP contribution in [0, 0.1) is 0 Å². The molecule has 1 nitrogen and oxygen atoms in total. The maximum atomic E-state index is 9.88. The van der Waals surface area contributed by atoms with Crippen molar-refractivity contribution in [2.45, 2.75) is 19.7 Å². The van der Waals surface area contributed by atoms with Crippen molar-refractivity contribution < 1.29 is 5.11 Å². The predicted octanol–water partition coefficient (Wildman–Crippen LogP) is 4.31. The molecule has 0 aromatic heterocycles. The highest BCUT2D eigenvalue weighted by Gasteiger charge is 2.31. The monoisotopic (exact) mass is 342 g/mol. The van der Waals surface area contributed by atoms with Gasteiger partial charge in [0.1, 0.15) is 8.07 Å². The molecule has 2 heteroatoms. The van der Waals surface area contributed by atoms with Crippen LogP contribution in [0.1, 0.15) is 5.56 Å². The topological polar surface area (TPSA) is 20.2 Å². The van der Waals surface area contributed by atoms with E-state index in [0.29, 0.717) is 0 Å². The van der Waals surface area contributed by atoms with Crippen molar-refractivity contribution in [2.75, 3.05) is 0 Å². The van der Waals surface area contributed by atoms with E-state index in [2.05, 4.69) is 85.9 Å². The Morgan fingerprint density at radius 2 is 1.24 bits per heavy atom. The third-order valence-corrected chi connectivity index (χ3v) is 8.88. The lowest BCUT2D eigenvalue weighted by atomic mass is 10.0. The molecule has 0 saturated heterocycles. The number of aliphatic hydroxyl groups excluding tert-OH is 1. The summed E-state index contributed by atoms with van der Waals surface area (Å²) in [7, 11) is -2.01. The average Bonchev–Trinajstić information content (AvgIpc) is 2.65. The Kier molecular flexibility index (Phi) is 3.95. The van der Waals surface area contributed by atoms with Gasteiger partial charge in [-0.05, 0) is 43.5 Å². The molecule has 4 aromatic carbocycles. The zero-order valence-corrected chi connectivity index (χ0v) is 15.7. The number of rotatable bonds is 3. The van der Waals surface area contributed by atoms with E-state index < -0.39 is 8.07 Å². The Labute approximate surface area is 149 Å². The largest absolute Gasteiger partial charge is 0.392 e. The quantitative estimate of drug-likeness (QED) is 0.434. The molecule has 0 spiro atoms. The molecule has 0 aliphatic heterocycles. The van der Waals surface area contributed by atoms with Crippen LogP contribution in [0.2, 0.25) is 13.1 Å². The van der Waals surface area contributed by atoms with Gasteiger partial charge in [0.2, 0.25) is 0 Å². The van der Waals surface area contributed by atoms with E-state index in [4.69, 9.17) is 0 Å². The molecule has 4 rings (SSSR count). The summed E-state index contributed by atoms with van der Waals surface area (Å²) in [5.74, 6) is 0. The highest BCUT2D eigenvalue weighted by atomic mass is 28.3. The molecular weight excluding hydrogens is 320 g/mol. The van der Waals surface area contributed by atoms with Gasteiger partial charge in [-0.2, -0.15) is 0 Å². The van der Waals surface area contributed by atoms with Gasteiger partial charge in [0.05, 0.1) is 6.61 Å². The van der Waals surface area contributed by atoms with Crippen LogP contribution in [0.3, 0.4) is 0 Å². The highest BCUT2D eigenvalue weighted by molar-refractivity contribution is 7.03. The molecule has 0 atom stereocenters. The van der Waals surface area contributed by atoms with Crippen molar-refractivity contribution in [3.05, 3.63) is 84.4 Å². The van der Waals surface area contributed by atoms with E-state index in [1.54, 1.807) is 0 Å². The van der Waals surface area contributed by atoms with Crippen molar-refractivity contribution in [3.63, 3.8) is 0 Å². The van der Waals surface area contributed by atoms with Crippen molar-refractivity contribution in [1.82, 2.24) is 0 Å². The maximum Gasteiger partial charge on any atom is 0.114 e. The lowest BCUT2D eigenvalue weighted by Crippen LogP contribution is -2.54. The second-order valence-corrected chi connectivity index (χ2v) is 11.4. The molecule has 0 saturated carbocycles. The minimum Gasteiger partial charge on any atom is -0.392 e. The summed E-state index contributed by atoms with van der Waals surface area (Å²) in [6, 6.07) is 28.0. The van der Waals surface area contributed by atoms with Gasteiger partial charge >= 0.3 is 0 Å². The zero-order valence-electron chi connectivity index (χ0n) is 14.7. The summed E-state index contributed by atoms with van der Waals surface area (Å²) >= 11 is 0. The van der Waals surface area contributed by atoms with Gasteiger partial charge in [-0.25, -0.2) is 0 Å². The number of fused-ring (bicyclic) bond motifs is 2. The summed E-state index contributed by atoms with van der Waals surface area (Å²) < 4.78 is 0. The fourth-order valence-electron chi connectivity index (χ4n) is 4.09. The molecule has 1 N–H and O–H groups in total. The number of benzene rings is 4. The van der Waals surface area contributed by atoms with Gasteiger partial charge in [-0.15, -0.1) is 0 Å². The summed E-state index contributed by atoms with van der Waals surface area (Å²) in [5, 5.41) is 17.9. The molecule has 0 heterocycles. The molecule has 0 radical (unpaired) electrons. The second kappa shape index (κ2) is 6.14. The smallest absolute Gasteiger partial charge is 0.114 e. The number of hydrogen-bond donors (Lipinski definition) is 1. The standard InChI is InChI=1S/C23H22OSi/c1-25(2,22-14-8-5-11-19(22)16-24)23-20-12-6-3-9-17(20)15-18-10-4-7-13-21(18)23/h3-15,24H,16H2,1-2H3. The van der Waals surface area contributed by atoms with Crippen LogP contribution in [0.4, 0.5) is 0 Å². The number of hydrogen-bond acceptors (Lipinski definition) is 1. The molecule has 124 valence electrons. The third kappa shape index (κ3) is 2.58. The van der Waals surface area contributed by atoms with Crippen molar-refractivity contribution in [1.29, 1.82) is 0 Å². The molecule has 0 fully saturated rings. The van der Waals surface area contributed by atoms with Gasteiger partial charge in [0, 0.05) is 0 Å². The minimum absolute atomic E-state index is 0.0926. The van der Waals surface area contributed by atoms with Crippen molar-refractivity contribution >= 4 is 40.0 Å². The first kappa shape index (κ1) is 16.1. The Morgan fingerprint density at radius 1 is 0.720 bits per heavy atom. The van der Waals surface area contributed by atoms with E-state index in [1.807, 2.05) is 6.07 Å². The molecule has 4 aromatic rings. The first-order valence-corrected chi connectivity index (χ1v) is 11.7. The Hall–Kier alpha value is -2.42. The van der Waals surface area contributed by atoms with Crippen LogP contribution >= 0.6 is 0 Å². The van der Waals surface area contributed by atoms with Crippen molar-refractivity contribution in [2.24, 2.45) is 0 Å². The van der Waals surface area contributed by atoms with Crippen molar-refractivity contribution in [3.8, 4) is 0 Å². The van der Waals surface area contributed by atoms with Crippen LogP contribution in [0.25, 0.3) is 21.5 Å². The summed E-state index contributed by atoms with van der Waals surface area (Å²) in [6.07, 6.45) is 0. The van der Waals surface area contributed by atoms with Crippen LogP contribution in [0.5, 0.6) is 0 Å². The number of aliphatic hydroxyl groups is 1. The summed E-state index contributed by atoms with van der Waals surface area (Å²) in [4.78, 5) is 0. The first-order valence-electron chi connectivity index (χ1n) is 8.73. The Balaban J connectivity index is 2.13. The first-order chi connectivity index (χ1) is 12.1. The molecule has 0 aliphatic rings. The third-order valence-electron chi connectivity index (χ3n) is 5.26. The van der Waals surface area contributed by atoms with Gasteiger partial charge in [-0.1, -0.05) is 85.9 Å². The van der Waals surface area contributed by atoms with Crippen LogP contribution < -0.4 is 10.4 Å². The fourth-order valence-corrected chi connectivity index (χ4v) is 7.64. The summed E-state index contributed by atoms with van der Waals surface area (Å²) in [5.41, 5.74) is 1.05. The predicted molar refractivity (Wildman–Crippen MR) is 111 cm³/mol. The van der Waals surface area contributed by atoms with E-state index in [0.717, 1.165) is 5.56 Å². The normalized spacial score (nSPS) is 12.0. The molecule has 0 amide bonds. The van der Waals surface area contributed by atoms with Crippen LogP contribution in [-0.2, 0) is 6.61 Å². The summed E-state index contributed by atoms with van der Waals surface area (Å²) in [6.45, 7) is 4.89. The fraction of sp³-hybridized carbons (Fsp3) is 0.130. The minimum atomic E-state index is -2.01. The molecular formula is C23H22OSi. The average molecular weight is 343 g/mol. The maximum absolute atomic E-state index is 9.88. The zero-order chi connectivity index (χ0) is 17.4. The molecule has 0 aliphatic carbocycles. The van der Waals surface area contributed by atoms with E-state index >= 15 is 0 Å². The van der Waals surface area contributed by atoms with Gasteiger partial charge in [0.25, 0.3) is 0 Å². The second-order valence-electron chi connectivity index (χ2n) is 7.13. The van der Waals surface area contributed by atoms with E-state index in [9.17, 15) is 5.11 Å². The van der Waals surface area contributed by atoms with Crippen LogP contribution in [-0.4, -0.2) is 13.2 Å². The Bertz CT molecular complexity index is 1010. The lowest BCUT2D eigenvalue weighted by molar-refractivity contribution is 0.283. The SMILES string of the molecule is C[Si](C)(c1ccccc1CO)c1c2ccccc2cc2ccccc12. The van der Waals surface area contributed by atoms with E-state index in [-0.39, 0.29) is 6.61 Å². The highest BCUT2D eigenvalue weighted by Crippen LogP contribution is 2.25.